The Balaban J connectivity index is 1.41. The molecule has 3 aromatic carbocycles. The van der Waals surface area contributed by atoms with Crippen LogP contribution in [0, 0.1) is 0 Å². The van der Waals surface area contributed by atoms with Crippen LogP contribution in [0.4, 0.5) is 10.5 Å². The summed E-state index contributed by atoms with van der Waals surface area (Å²) in [5.74, 6) is 0.586. The summed E-state index contributed by atoms with van der Waals surface area (Å²) in [4.78, 5) is 16.8. The largest absolute Gasteiger partial charge is 0.412 e. The van der Waals surface area contributed by atoms with Gasteiger partial charge in [-0.25, -0.2) is 4.79 Å². The summed E-state index contributed by atoms with van der Waals surface area (Å²) >= 11 is 0. The maximum Gasteiger partial charge on any atom is 0.412 e. The fraction of sp³-hybridized carbons (Fsp3) is 0.393. The molecular weight excluding hydrogens is 410 g/mol. The molecule has 33 heavy (non-hydrogen) atoms. The summed E-state index contributed by atoms with van der Waals surface area (Å²) < 4.78 is 5.55. The van der Waals surface area contributed by atoms with Crippen molar-refractivity contribution in [2.45, 2.75) is 51.7 Å². The van der Waals surface area contributed by atoms with E-state index in [0.717, 1.165) is 30.6 Å². The molecule has 3 aromatic rings. The number of ether oxygens (including phenoxy) is 1. The number of hydrogen-bond donors (Lipinski definition) is 1. The van der Waals surface area contributed by atoms with Crippen LogP contribution in [0.1, 0.15) is 56.3 Å². The van der Waals surface area contributed by atoms with E-state index in [1.807, 2.05) is 12.1 Å². The number of fused-ring (bicyclic) bond motifs is 2. The number of nitrogens with one attached hydrogen (secondary N) is 1. The predicted molar refractivity (Wildman–Crippen MR) is 136 cm³/mol. The molecule has 1 aliphatic rings. The Bertz CT molecular complexity index is 1100. The Morgan fingerprint density at radius 3 is 2.58 bits per heavy atom. The molecule has 0 saturated heterocycles. The molecule has 0 bridgehead atoms. The van der Waals surface area contributed by atoms with Gasteiger partial charge in [0, 0.05) is 25.8 Å². The minimum Gasteiger partial charge on any atom is -0.410 e. The molecule has 0 radical (unpaired) electrons. The molecule has 0 spiro atoms. The molecule has 1 N–H and O–H groups in total. The summed E-state index contributed by atoms with van der Waals surface area (Å²) in [7, 11) is 4.26. The molecule has 1 amide bonds. The molecule has 0 saturated carbocycles. The topological polar surface area (TPSA) is 44.8 Å². The molecule has 4 rings (SSSR count). The average molecular weight is 446 g/mol. The minimum absolute atomic E-state index is 0.143. The number of rotatable bonds is 8. The molecule has 1 unspecified atom stereocenters. The average Bonchev–Trinajstić information content (AvgIpc) is 2.81. The highest BCUT2D eigenvalue weighted by atomic mass is 16.6. The Labute approximate surface area is 197 Å². The van der Waals surface area contributed by atoms with Crippen molar-refractivity contribution in [2.75, 3.05) is 25.5 Å². The fourth-order valence-electron chi connectivity index (χ4n) is 4.79. The standard InChI is InChI=1S/C28H35N3O2/c1-4-5-6-7-10-17-29-28(32)33-25-15-16-26-24(19-25)20-30(2)27(31(26)3)23-14-13-21-11-8-9-12-22(21)18-23/h8-9,11-16,18-19,27H,4-7,10,17,20H2,1-3H3,(H,29,32). The first-order chi connectivity index (χ1) is 16.1. The van der Waals surface area contributed by atoms with Crippen LogP contribution in [0.15, 0.2) is 60.7 Å². The number of amides is 1. The van der Waals surface area contributed by atoms with E-state index in [1.165, 1.54) is 35.6 Å². The van der Waals surface area contributed by atoms with Crippen LogP contribution in [-0.2, 0) is 6.54 Å². The van der Waals surface area contributed by atoms with Gasteiger partial charge in [-0.2, -0.15) is 0 Å². The van der Waals surface area contributed by atoms with E-state index in [-0.39, 0.29) is 12.3 Å². The van der Waals surface area contributed by atoms with E-state index < -0.39 is 0 Å². The first-order valence-electron chi connectivity index (χ1n) is 12.1. The molecule has 1 aliphatic heterocycles. The Kier molecular flexibility index (Phi) is 7.50. The van der Waals surface area contributed by atoms with Crippen LogP contribution < -0.4 is 15.0 Å². The van der Waals surface area contributed by atoms with Gasteiger partial charge in [0.05, 0.1) is 0 Å². The third kappa shape index (κ3) is 5.48. The van der Waals surface area contributed by atoms with Gasteiger partial charge in [0.25, 0.3) is 0 Å². The Morgan fingerprint density at radius 1 is 0.970 bits per heavy atom. The number of carbonyl (C=O) groups excluding carboxylic acids is 1. The third-order valence-electron chi connectivity index (χ3n) is 6.47. The number of carbonyl (C=O) groups is 1. The minimum atomic E-state index is -0.378. The summed E-state index contributed by atoms with van der Waals surface area (Å²) in [5.41, 5.74) is 3.58. The zero-order valence-electron chi connectivity index (χ0n) is 20.0. The van der Waals surface area contributed by atoms with Gasteiger partial charge in [-0.3, -0.25) is 4.90 Å². The zero-order valence-corrected chi connectivity index (χ0v) is 20.0. The van der Waals surface area contributed by atoms with E-state index in [9.17, 15) is 4.79 Å². The van der Waals surface area contributed by atoms with Crippen LogP contribution in [0.25, 0.3) is 10.8 Å². The van der Waals surface area contributed by atoms with Gasteiger partial charge in [-0.05, 0) is 59.6 Å². The molecule has 1 atom stereocenters. The van der Waals surface area contributed by atoms with Crippen LogP contribution in [0.2, 0.25) is 0 Å². The maximum absolute atomic E-state index is 12.2. The summed E-state index contributed by atoms with van der Waals surface area (Å²) in [6, 6.07) is 21.1. The zero-order chi connectivity index (χ0) is 23.2. The van der Waals surface area contributed by atoms with E-state index in [0.29, 0.717) is 12.3 Å². The lowest BCUT2D eigenvalue weighted by Gasteiger charge is -2.43. The van der Waals surface area contributed by atoms with Gasteiger partial charge in [0.1, 0.15) is 11.9 Å². The summed E-state index contributed by atoms with van der Waals surface area (Å²) in [5, 5.41) is 5.37. The van der Waals surface area contributed by atoms with E-state index >= 15 is 0 Å². The molecule has 0 aromatic heterocycles. The first-order valence-corrected chi connectivity index (χ1v) is 12.1. The molecule has 5 heteroatoms. The number of benzene rings is 3. The van der Waals surface area contributed by atoms with E-state index in [4.69, 9.17) is 4.74 Å². The predicted octanol–water partition coefficient (Wildman–Crippen LogP) is 6.48. The molecule has 0 fully saturated rings. The third-order valence-corrected chi connectivity index (χ3v) is 6.47. The lowest BCUT2D eigenvalue weighted by molar-refractivity contribution is 0.199. The van der Waals surface area contributed by atoms with Crippen LogP contribution in [0.3, 0.4) is 0 Å². The summed E-state index contributed by atoms with van der Waals surface area (Å²) in [6.07, 6.45) is 5.60. The highest BCUT2D eigenvalue weighted by Crippen LogP contribution is 2.39. The van der Waals surface area contributed by atoms with Gasteiger partial charge >= 0.3 is 6.09 Å². The molecular formula is C28H35N3O2. The van der Waals surface area contributed by atoms with Crippen molar-refractivity contribution in [1.29, 1.82) is 0 Å². The summed E-state index contributed by atoms with van der Waals surface area (Å²) in [6.45, 7) is 3.65. The van der Waals surface area contributed by atoms with Gasteiger partial charge < -0.3 is 15.0 Å². The van der Waals surface area contributed by atoms with Crippen LogP contribution >= 0.6 is 0 Å². The molecule has 174 valence electrons. The highest BCUT2D eigenvalue weighted by molar-refractivity contribution is 5.83. The lowest BCUT2D eigenvalue weighted by atomic mass is 10.00. The number of hydrogen-bond acceptors (Lipinski definition) is 4. The Hall–Kier alpha value is -3.05. The number of unbranched alkanes of at least 4 members (excludes halogenated alkanes) is 4. The lowest BCUT2D eigenvalue weighted by Crippen LogP contribution is -2.41. The second kappa shape index (κ2) is 10.7. The van der Waals surface area contributed by atoms with Crippen molar-refractivity contribution in [1.82, 2.24) is 10.2 Å². The molecule has 0 aliphatic carbocycles. The first kappa shape index (κ1) is 23.1. The van der Waals surface area contributed by atoms with Gasteiger partial charge in [-0.15, -0.1) is 0 Å². The highest BCUT2D eigenvalue weighted by Gasteiger charge is 2.29. The number of anilines is 1. The van der Waals surface area contributed by atoms with Crippen molar-refractivity contribution < 1.29 is 9.53 Å². The SMILES string of the molecule is CCCCCCCNC(=O)Oc1ccc2c(c1)CN(C)C(c1ccc3ccccc3c1)N2C. The van der Waals surface area contributed by atoms with Crippen molar-refractivity contribution in [3.8, 4) is 5.75 Å². The van der Waals surface area contributed by atoms with Crippen molar-refractivity contribution in [3.05, 3.63) is 71.8 Å². The van der Waals surface area contributed by atoms with Crippen LogP contribution in [0.5, 0.6) is 5.75 Å². The van der Waals surface area contributed by atoms with Gasteiger partial charge in [0.15, 0.2) is 0 Å². The van der Waals surface area contributed by atoms with Crippen molar-refractivity contribution in [3.63, 3.8) is 0 Å². The number of nitrogens with zero attached hydrogens (tertiary/aromatic N) is 2. The second-order valence-electron chi connectivity index (χ2n) is 9.03. The van der Waals surface area contributed by atoms with E-state index in [2.05, 4.69) is 84.7 Å². The van der Waals surface area contributed by atoms with Crippen LogP contribution in [-0.4, -0.2) is 31.6 Å². The monoisotopic (exact) mass is 445 g/mol. The molecule has 1 heterocycles. The van der Waals surface area contributed by atoms with Gasteiger partial charge in [0.2, 0.25) is 0 Å². The second-order valence-corrected chi connectivity index (χ2v) is 9.03. The Morgan fingerprint density at radius 2 is 1.76 bits per heavy atom. The van der Waals surface area contributed by atoms with E-state index in [1.54, 1.807) is 0 Å². The molecule has 5 nitrogen and oxygen atoms in total. The maximum atomic E-state index is 12.2. The quantitative estimate of drug-likeness (QED) is 0.403. The fourth-order valence-corrected chi connectivity index (χ4v) is 4.79. The van der Waals surface area contributed by atoms with Gasteiger partial charge in [-0.1, -0.05) is 69.0 Å². The van der Waals surface area contributed by atoms with Crippen molar-refractivity contribution in [2.24, 2.45) is 0 Å². The normalized spacial score (nSPS) is 16.0. The van der Waals surface area contributed by atoms with Crippen molar-refractivity contribution >= 4 is 22.6 Å². The smallest absolute Gasteiger partial charge is 0.410 e.